The summed E-state index contributed by atoms with van der Waals surface area (Å²) in [5.41, 5.74) is 0.649. The Kier molecular flexibility index (Phi) is 3.33. The van der Waals surface area contributed by atoms with Crippen LogP contribution in [0.4, 0.5) is 0 Å². The van der Waals surface area contributed by atoms with E-state index in [2.05, 4.69) is 6.92 Å². The molecule has 17 heavy (non-hydrogen) atoms. The highest BCUT2D eigenvalue weighted by molar-refractivity contribution is 5.83. The van der Waals surface area contributed by atoms with E-state index >= 15 is 0 Å². The van der Waals surface area contributed by atoms with Crippen LogP contribution in [0.3, 0.4) is 0 Å². The average Bonchev–Trinajstić information content (AvgIpc) is 2.29. The molecule has 1 aromatic rings. The maximum Gasteiger partial charge on any atom is 0.157 e. The number of benzene rings is 1. The van der Waals surface area contributed by atoms with Gasteiger partial charge in [0.1, 0.15) is 11.5 Å². The quantitative estimate of drug-likeness (QED) is 0.774. The Hall–Kier alpha value is -1.55. The zero-order valence-corrected chi connectivity index (χ0v) is 9.72. The Labute approximate surface area is 99.8 Å². The normalized spacial score (nSPS) is 24.5. The van der Waals surface area contributed by atoms with Gasteiger partial charge in [-0.3, -0.25) is 4.79 Å². The molecule has 0 spiro atoms. The SMILES string of the molecule is CC1CCC(c2cc(O)c(C=O)c(O)c2)OC1. The van der Waals surface area contributed by atoms with Crippen molar-refractivity contribution >= 4 is 6.29 Å². The van der Waals surface area contributed by atoms with Crippen molar-refractivity contribution in [2.75, 3.05) is 6.61 Å². The number of aldehydes is 1. The monoisotopic (exact) mass is 236 g/mol. The summed E-state index contributed by atoms with van der Waals surface area (Å²) >= 11 is 0. The summed E-state index contributed by atoms with van der Waals surface area (Å²) in [7, 11) is 0. The van der Waals surface area contributed by atoms with E-state index in [4.69, 9.17) is 4.74 Å². The number of aromatic hydroxyl groups is 2. The van der Waals surface area contributed by atoms with Crippen LogP contribution in [0.1, 0.15) is 41.8 Å². The van der Waals surface area contributed by atoms with E-state index < -0.39 is 0 Å². The molecule has 1 aliphatic rings. The molecule has 0 amide bonds. The smallest absolute Gasteiger partial charge is 0.157 e. The van der Waals surface area contributed by atoms with E-state index in [1.807, 2.05) is 0 Å². The third kappa shape index (κ3) is 2.42. The summed E-state index contributed by atoms with van der Waals surface area (Å²) in [6.07, 6.45) is 2.25. The highest BCUT2D eigenvalue weighted by atomic mass is 16.5. The van der Waals surface area contributed by atoms with E-state index in [0.717, 1.165) is 18.4 Å². The van der Waals surface area contributed by atoms with E-state index in [0.29, 0.717) is 18.8 Å². The molecule has 0 radical (unpaired) electrons. The summed E-state index contributed by atoms with van der Waals surface area (Å²) in [4.78, 5) is 10.6. The number of carbonyl (C=O) groups is 1. The number of carbonyl (C=O) groups excluding carboxylic acids is 1. The van der Waals surface area contributed by atoms with Gasteiger partial charge in [0, 0.05) is 6.61 Å². The molecule has 0 bridgehead atoms. The van der Waals surface area contributed by atoms with Crippen molar-refractivity contribution in [3.8, 4) is 11.5 Å². The van der Waals surface area contributed by atoms with Gasteiger partial charge >= 0.3 is 0 Å². The van der Waals surface area contributed by atoms with Gasteiger partial charge in [0.2, 0.25) is 0 Å². The predicted octanol–water partition coefficient (Wildman–Crippen LogP) is 2.40. The maximum absolute atomic E-state index is 10.6. The lowest BCUT2D eigenvalue weighted by atomic mass is 9.95. The van der Waals surface area contributed by atoms with Crippen molar-refractivity contribution in [1.29, 1.82) is 0 Å². The Morgan fingerprint density at radius 3 is 2.41 bits per heavy atom. The lowest BCUT2D eigenvalue weighted by Crippen LogP contribution is -2.18. The minimum atomic E-state index is -0.197. The van der Waals surface area contributed by atoms with Crippen LogP contribution < -0.4 is 0 Å². The van der Waals surface area contributed by atoms with Gasteiger partial charge in [-0.05, 0) is 36.5 Å². The largest absolute Gasteiger partial charge is 0.507 e. The summed E-state index contributed by atoms with van der Waals surface area (Å²) < 4.78 is 5.65. The molecule has 4 nitrogen and oxygen atoms in total. The summed E-state index contributed by atoms with van der Waals surface area (Å²) in [5.74, 6) is 0.150. The van der Waals surface area contributed by atoms with Crippen LogP contribution in [0.15, 0.2) is 12.1 Å². The third-order valence-electron chi connectivity index (χ3n) is 3.15. The molecular weight excluding hydrogens is 220 g/mol. The van der Waals surface area contributed by atoms with Crippen LogP contribution in [0.25, 0.3) is 0 Å². The third-order valence-corrected chi connectivity index (χ3v) is 3.15. The lowest BCUT2D eigenvalue weighted by molar-refractivity contribution is -0.0125. The number of ether oxygens (including phenoxy) is 1. The first-order valence-corrected chi connectivity index (χ1v) is 5.74. The second-order valence-electron chi connectivity index (χ2n) is 4.60. The molecule has 0 aliphatic carbocycles. The fourth-order valence-electron chi connectivity index (χ4n) is 2.10. The number of rotatable bonds is 2. The molecule has 2 unspecified atom stereocenters. The first kappa shape index (κ1) is 11.9. The predicted molar refractivity (Wildman–Crippen MR) is 62.3 cm³/mol. The zero-order chi connectivity index (χ0) is 12.4. The fraction of sp³-hybridized carbons (Fsp3) is 0.462. The number of phenolic OH excluding ortho intramolecular Hbond substituents is 2. The summed E-state index contributed by atoms with van der Waals surface area (Å²) in [6, 6.07) is 2.98. The second kappa shape index (κ2) is 4.75. The number of phenols is 2. The van der Waals surface area contributed by atoms with Crippen LogP contribution >= 0.6 is 0 Å². The van der Waals surface area contributed by atoms with Crippen molar-refractivity contribution < 1.29 is 19.7 Å². The average molecular weight is 236 g/mol. The van der Waals surface area contributed by atoms with Gasteiger partial charge in [-0.15, -0.1) is 0 Å². The molecule has 2 N–H and O–H groups in total. The molecule has 1 aliphatic heterocycles. The van der Waals surface area contributed by atoms with Crippen LogP contribution in [-0.4, -0.2) is 23.1 Å². The number of hydrogen-bond donors (Lipinski definition) is 2. The van der Waals surface area contributed by atoms with Crippen LogP contribution in [-0.2, 0) is 4.74 Å². The van der Waals surface area contributed by atoms with Gasteiger partial charge in [-0.1, -0.05) is 6.92 Å². The Morgan fingerprint density at radius 2 is 1.94 bits per heavy atom. The van der Waals surface area contributed by atoms with E-state index in [-0.39, 0.29) is 23.2 Å². The van der Waals surface area contributed by atoms with E-state index in [1.165, 1.54) is 12.1 Å². The van der Waals surface area contributed by atoms with Gasteiger partial charge in [0.05, 0.1) is 11.7 Å². The molecule has 2 atom stereocenters. The van der Waals surface area contributed by atoms with Gasteiger partial charge in [-0.25, -0.2) is 0 Å². The van der Waals surface area contributed by atoms with Gasteiger partial charge in [0.15, 0.2) is 6.29 Å². The number of hydrogen-bond acceptors (Lipinski definition) is 4. The van der Waals surface area contributed by atoms with Crippen molar-refractivity contribution in [1.82, 2.24) is 0 Å². The molecule has 0 saturated carbocycles. The second-order valence-corrected chi connectivity index (χ2v) is 4.60. The molecular formula is C13H16O4. The standard InChI is InChI=1S/C13H16O4/c1-8-2-3-13(17-7-8)9-4-11(15)10(6-14)12(16)5-9/h4-6,8,13,15-16H,2-3,7H2,1H3. The molecule has 2 rings (SSSR count). The summed E-state index contributed by atoms with van der Waals surface area (Å²) in [5, 5.41) is 19.2. The van der Waals surface area contributed by atoms with Crippen LogP contribution in [0.5, 0.6) is 11.5 Å². The Balaban J connectivity index is 2.25. The van der Waals surface area contributed by atoms with Crippen molar-refractivity contribution in [2.24, 2.45) is 5.92 Å². The van der Waals surface area contributed by atoms with E-state index in [1.54, 1.807) is 0 Å². The molecule has 0 aromatic heterocycles. The highest BCUT2D eigenvalue weighted by Crippen LogP contribution is 2.35. The van der Waals surface area contributed by atoms with Crippen LogP contribution in [0.2, 0.25) is 0 Å². The first-order valence-electron chi connectivity index (χ1n) is 5.74. The minimum Gasteiger partial charge on any atom is -0.507 e. The molecule has 1 aromatic carbocycles. The topological polar surface area (TPSA) is 66.8 Å². The highest BCUT2D eigenvalue weighted by Gasteiger charge is 2.22. The fourth-order valence-corrected chi connectivity index (χ4v) is 2.10. The van der Waals surface area contributed by atoms with Crippen LogP contribution in [0, 0.1) is 5.92 Å². The summed E-state index contributed by atoms with van der Waals surface area (Å²) in [6.45, 7) is 2.81. The molecule has 1 saturated heterocycles. The lowest BCUT2D eigenvalue weighted by Gasteiger charge is -2.27. The van der Waals surface area contributed by atoms with Crippen molar-refractivity contribution in [3.63, 3.8) is 0 Å². The maximum atomic E-state index is 10.6. The van der Waals surface area contributed by atoms with Gasteiger partial charge < -0.3 is 14.9 Å². The van der Waals surface area contributed by atoms with Crippen molar-refractivity contribution in [3.05, 3.63) is 23.3 Å². The Morgan fingerprint density at radius 1 is 1.29 bits per heavy atom. The molecule has 1 fully saturated rings. The van der Waals surface area contributed by atoms with Gasteiger partial charge in [0.25, 0.3) is 0 Å². The molecule has 4 heteroatoms. The van der Waals surface area contributed by atoms with E-state index in [9.17, 15) is 15.0 Å². The van der Waals surface area contributed by atoms with Crippen molar-refractivity contribution in [2.45, 2.75) is 25.9 Å². The first-order chi connectivity index (χ1) is 8.11. The molecule has 1 heterocycles. The Bertz CT molecular complexity index is 396. The van der Waals surface area contributed by atoms with Gasteiger partial charge in [-0.2, -0.15) is 0 Å². The molecule has 92 valence electrons. The minimum absolute atomic E-state index is 0.0714. The zero-order valence-electron chi connectivity index (χ0n) is 9.72.